The van der Waals surface area contributed by atoms with E-state index < -0.39 is 0 Å². The van der Waals surface area contributed by atoms with Crippen LogP contribution < -0.4 is 9.64 Å². The van der Waals surface area contributed by atoms with Gasteiger partial charge in [-0.1, -0.05) is 30.3 Å². The Bertz CT molecular complexity index is 1390. The minimum atomic E-state index is 0.0620. The molecule has 1 aromatic carbocycles. The number of carbonyl (C=O) groups excluding carboxylic acids is 1. The Morgan fingerprint density at radius 2 is 1.86 bits per heavy atom. The molecule has 0 N–H and O–H groups in total. The molecule has 1 aliphatic rings. The number of fused-ring (bicyclic) bond motifs is 1. The Hall–Kier alpha value is -3.99. The third-order valence-corrected chi connectivity index (χ3v) is 6.50. The van der Waals surface area contributed by atoms with Crippen molar-refractivity contribution in [2.24, 2.45) is 0 Å². The van der Waals surface area contributed by atoms with Gasteiger partial charge in [0.05, 0.1) is 25.9 Å². The number of hydrogen-bond donors (Lipinski definition) is 0. The number of morpholine rings is 1. The molecular formula is C26H32N8O3. The second kappa shape index (κ2) is 10.6. The maximum absolute atomic E-state index is 12.3. The van der Waals surface area contributed by atoms with Gasteiger partial charge in [0, 0.05) is 52.8 Å². The summed E-state index contributed by atoms with van der Waals surface area (Å²) in [6, 6.07) is 9.96. The maximum atomic E-state index is 12.3. The van der Waals surface area contributed by atoms with Crippen molar-refractivity contribution in [2.75, 3.05) is 52.4 Å². The van der Waals surface area contributed by atoms with Crippen molar-refractivity contribution in [2.45, 2.75) is 26.3 Å². The predicted octanol–water partition coefficient (Wildman–Crippen LogP) is 2.56. The van der Waals surface area contributed by atoms with Crippen molar-refractivity contribution in [3.05, 3.63) is 42.4 Å². The number of anilines is 1. The van der Waals surface area contributed by atoms with E-state index in [0.29, 0.717) is 57.5 Å². The molecule has 4 heterocycles. The van der Waals surface area contributed by atoms with E-state index in [2.05, 4.69) is 21.5 Å². The Morgan fingerprint density at radius 1 is 1.11 bits per heavy atom. The van der Waals surface area contributed by atoms with Crippen molar-refractivity contribution in [3.8, 4) is 23.0 Å². The Labute approximate surface area is 215 Å². The molecule has 1 aliphatic heterocycles. The molecule has 0 bridgehead atoms. The number of methoxy groups -OCH3 is 1. The van der Waals surface area contributed by atoms with Gasteiger partial charge in [-0.2, -0.15) is 9.97 Å². The molecule has 37 heavy (non-hydrogen) atoms. The fraction of sp³-hybridized carbons (Fsp3) is 0.423. The molecule has 0 atom stereocenters. The zero-order chi connectivity index (χ0) is 25.9. The first-order valence-corrected chi connectivity index (χ1v) is 12.5. The molecule has 5 rings (SSSR count). The van der Waals surface area contributed by atoms with Gasteiger partial charge in [-0.25, -0.2) is 9.67 Å². The fourth-order valence-corrected chi connectivity index (χ4v) is 4.51. The van der Waals surface area contributed by atoms with Crippen molar-refractivity contribution < 1.29 is 14.3 Å². The molecule has 1 saturated heterocycles. The number of nitrogens with zero attached hydrogens (tertiary/aromatic N) is 8. The average molecular weight is 505 g/mol. The van der Waals surface area contributed by atoms with Crippen molar-refractivity contribution in [1.29, 1.82) is 0 Å². The lowest BCUT2D eigenvalue weighted by molar-refractivity contribution is -0.128. The van der Waals surface area contributed by atoms with Crippen LogP contribution in [-0.2, 0) is 22.5 Å². The monoisotopic (exact) mass is 504 g/mol. The minimum absolute atomic E-state index is 0.0620. The maximum Gasteiger partial charge on any atom is 0.254 e. The number of aromatic nitrogens is 6. The molecule has 0 spiro atoms. The topological polar surface area (TPSA) is 103 Å². The quantitative estimate of drug-likeness (QED) is 0.361. The smallest absolute Gasteiger partial charge is 0.254 e. The Kier molecular flexibility index (Phi) is 7.04. The SMILES string of the molecule is CCn1c(CCC(=O)N(C)C)nc2c(N3CCOCC3)nc(-n3cc(-c4ccccc4)c(OC)n3)nc21. The normalized spacial score (nSPS) is 13.8. The molecule has 0 unspecified atom stereocenters. The third-order valence-electron chi connectivity index (χ3n) is 6.50. The van der Waals surface area contributed by atoms with E-state index in [-0.39, 0.29) is 5.91 Å². The van der Waals surface area contributed by atoms with Gasteiger partial charge in [0.2, 0.25) is 11.8 Å². The molecule has 194 valence electrons. The highest BCUT2D eigenvalue weighted by molar-refractivity contribution is 5.85. The van der Waals surface area contributed by atoms with E-state index in [1.807, 2.05) is 36.5 Å². The van der Waals surface area contributed by atoms with Gasteiger partial charge in [-0.05, 0) is 12.5 Å². The van der Waals surface area contributed by atoms with Crippen LogP contribution >= 0.6 is 0 Å². The zero-order valence-electron chi connectivity index (χ0n) is 21.7. The van der Waals surface area contributed by atoms with Crippen molar-refractivity contribution in [3.63, 3.8) is 0 Å². The molecule has 3 aromatic heterocycles. The van der Waals surface area contributed by atoms with E-state index >= 15 is 0 Å². The lowest BCUT2D eigenvalue weighted by atomic mass is 10.1. The molecular weight excluding hydrogens is 472 g/mol. The van der Waals surface area contributed by atoms with Crippen LogP contribution in [0.15, 0.2) is 36.5 Å². The van der Waals surface area contributed by atoms with Gasteiger partial charge in [-0.3, -0.25) is 4.79 Å². The number of carbonyl (C=O) groups is 1. The lowest BCUT2D eigenvalue weighted by Crippen LogP contribution is -2.37. The molecule has 1 amide bonds. The Morgan fingerprint density at radius 3 is 2.54 bits per heavy atom. The average Bonchev–Trinajstić information content (AvgIpc) is 3.53. The summed E-state index contributed by atoms with van der Waals surface area (Å²) in [7, 11) is 5.14. The summed E-state index contributed by atoms with van der Waals surface area (Å²) in [5.74, 6) is 2.55. The molecule has 11 heteroatoms. The lowest BCUT2D eigenvalue weighted by Gasteiger charge is -2.28. The van der Waals surface area contributed by atoms with Crippen LogP contribution in [0.3, 0.4) is 0 Å². The van der Waals surface area contributed by atoms with Crippen LogP contribution in [-0.4, -0.2) is 87.6 Å². The van der Waals surface area contributed by atoms with Gasteiger partial charge < -0.3 is 23.8 Å². The van der Waals surface area contributed by atoms with Crippen LogP contribution in [0.25, 0.3) is 28.2 Å². The number of amides is 1. The molecule has 4 aromatic rings. The van der Waals surface area contributed by atoms with Crippen LogP contribution in [0.1, 0.15) is 19.2 Å². The van der Waals surface area contributed by atoms with Crippen LogP contribution in [0.4, 0.5) is 5.82 Å². The zero-order valence-corrected chi connectivity index (χ0v) is 21.7. The minimum Gasteiger partial charge on any atom is -0.479 e. The number of benzene rings is 1. The summed E-state index contributed by atoms with van der Waals surface area (Å²) < 4.78 is 14.9. The number of ether oxygens (including phenoxy) is 2. The van der Waals surface area contributed by atoms with Gasteiger partial charge >= 0.3 is 0 Å². The van der Waals surface area contributed by atoms with E-state index in [9.17, 15) is 4.79 Å². The molecule has 0 radical (unpaired) electrons. The predicted molar refractivity (Wildman–Crippen MR) is 140 cm³/mol. The van der Waals surface area contributed by atoms with Gasteiger partial charge in [-0.15, -0.1) is 5.10 Å². The summed E-state index contributed by atoms with van der Waals surface area (Å²) in [5.41, 5.74) is 3.29. The van der Waals surface area contributed by atoms with Crippen molar-refractivity contribution >= 4 is 22.9 Å². The van der Waals surface area contributed by atoms with E-state index in [4.69, 9.17) is 24.4 Å². The highest BCUT2D eigenvalue weighted by atomic mass is 16.5. The summed E-state index contributed by atoms with van der Waals surface area (Å²) in [6.45, 7) is 5.37. The molecule has 11 nitrogen and oxygen atoms in total. The first-order valence-electron chi connectivity index (χ1n) is 12.5. The first-order chi connectivity index (χ1) is 18.0. The molecule has 0 aliphatic carbocycles. The third kappa shape index (κ3) is 4.86. The standard InChI is InChI=1S/C26H32N8O3/c1-5-33-20(11-12-21(35)31(2)3)27-22-23(32-13-15-37-16-14-32)28-26(29-24(22)33)34-17-19(25(30-34)36-4)18-9-7-6-8-10-18/h6-10,17H,5,11-16H2,1-4H3. The van der Waals surface area contributed by atoms with E-state index in [0.717, 1.165) is 33.9 Å². The van der Waals surface area contributed by atoms with Gasteiger partial charge in [0.15, 0.2) is 17.0 Å². The van der Waals surface area contributed by atoms with Gasteiger partial charge in [0.1, 0.15) is 5.82 Å². The number of aryl methyl sites for hydroxylation is 2. The first kappa shape index (κ1) is 24.7. The molecule has 1 fully saturated rings. The second-order valence-corrected chi connectivity index (χ2v) is 9.04. The van der Waals surface area contributed by atoms with Gasteiger partial charge in [0.25, 0.3) is 5.95 Å². The Balaban J connectivity index is 1.64. The van der Waals surface area contributed by atoms with Crippen LogP contribution in [0.5, 0.6) is 5.88 Å². The second-order valence-electron chi connectivity index (χ2n) is 9.04. The van der Waals surface area contributed by atoms with Crippen LogP contribution in [0, 0.1) is 0 Å². The number of hydrogen-bond acceptors (Lipinski definition) is 8. The largest absolute Gasteiger partial charge is 0.479 e. The summed E-state index contributed by atoms with van der Waals surface area (Å²) in [4.78, 5) is 30.9. The summed E-state index contributed by atoms with van der Waals surface area (Å²) >= 11 is 0. The van der Waals surface area contributed by atoms with E-state index in [1.165, 1.54) is 0 Å². The molecule has 0 saturated carbocycles. The highest BCUT2D eigenvalue weighted by Crippen LogP contribution is 2.31. The van der Waals surface area contributed by atoms with E-state index in [1.54, 1.807) is 30.8 Å². The van der Waals surface area contributed by atoms with Crippen molar-refractivity contribution in [1.82, 2.24) is 34.2 Å². The highest BCUT2D eigenvalue weighted by Gasteiger charge is 2.24. The van der Waals surface area contributed by atoms with Crippen LogP contribution in [0.2, 0.25) is 0 Å². The fourth-order valence-electron chi connectivity index (χ4n) is 4.51. The number of rotatable bonds is 8. The summed E-state index contributed by atoms with van der Waals surface area (Å²) in [5, 5.41) is 4.66. The summed E-state index contributed by atoms with van der Waals surface area (Å²) in [6.07, 6.45) is 2.79. The number of imidazole rings is 1.